The predicted molar refractivity (Wildman–Crippen MR) is 56.4 cm³/mol. The van der Waals surface area contributed by atoms with Crippen LogP contribution in [0.1, 0.15) is 41.0 Å². The molecule has 0 amide bonds. The Morgan fingerprint density at radius 3 is 1.58 bits per heavy atom. The summed E-state index contributed by atoms with van der Waals surface area (Å²) in [5, 5.41) is 0. The van der Waals surface area contributed by atoms with E-state index in [0.717, 1.165) is 5.92 Å². The van der Waals surface area contributed by atoms with Crippen LogP contribution in [-0.2, 0) is 0 Å². The molecule has 0 heterocycles. The van der Waals surface area contributed by atoms with Crippen molar-refractivity contribution >= 4 is 0 Å². The van der Waals surface area contributed by atoms with E-state index in [0.29, 0.717) is 11.5 Å². The molecule has 0 rings (SSSR count). The summed E-state index contributed by atoms with van der Waals surface area (Å²) in [7, 11) is 4.35. The largest absolute Gasteiger partial charge is 0.306 e. The van der Waals surface area contributed by atoms with Crippen LogP contribution in [-0.4, -0.2) is 25.0 Å². The zero-order chi connectivity index (χ0) is 9.94. The van der Waals surface area contributed by atoms with Crippen molar-refractivity contribution in [2.24, 2.45) is 11.3 Å². The Labute approximate surface area is 78.1 Å². The standard InChI is InChI=1S/C11H25N/c1-9(2)10(12(6)7)8-11(3,4)5/h9-10H,8H2,1-7H3. The molecule has 0 radical (unpaired) electrons. The Hall–Kier alpha value is -0.0400. The van der Waals surface area contributed by atoms with Crippen LogP contribution >= 0.6 is 0 Å². The van der Waals surface area contributed by atoms with Crippen molar-refractivity contribution in [1.82, 2.24) is 4.90 Å². The van der Waals surface area contributed by atoms with E-state index in [-0.39, 0.29) is 0 Å². The third kappa shape index (κ3) is 4.76. The van der Waals surface area contributed by atoms with Crippen LogP contribution in [0.25, 0.3) is 0 Å². The van der Waals surface area contributed by atoms with Crippen molar-refractivity contribution in [2.75, 3.05) is 14.1 Å². The number of nitrogens with zero attached hydrogens (tertiary/aromatic N) is 1. The summed E-state index contributed by atoms with van der Waals surface area (Å²) < 4.78 is 0. The Morgan fingerprint density at radius 1 is 1.08 bits per heavy atom. The molecule has 0 spiro atoms. The zero-order valence-corrected chi connectivity index (χ0v) is 9.81. The molecule has 1 heteroatoms. The Balaban J connectivity index is 4.15. The van der Waals surface area contributed by atoms with Crippen LogP contribution in [0.2, 0.25) is 0 Å². The fourth-order valence-electron chi connectivity index (χ4n) is 1.64. The molecular weight excluding hydrogens is 146 g/mol. The van der Waals surface area contributed by atoms with Gasteiger partial charge in [0.05, 0.1) is 0 Å². The van der Waals surface area contributed by atoms with E-state index in [1.807, 2.05) is 0 Å². The molecular formula is C11H25N. The molecule has 0 saturated heterocycles. The molecule has 0 fully saturated rings. The number of rotatable bonds is 3. The van der Waals surface area contributed by atoms with Crippen molar-refractivity contribution in [3.05, 3.63) is 0 Å². The first-order valence-corrected chi connectivity index (χ1v) is 4.90. The summed E-state index contributed by atoms with van der Waals surface area (Å²) in [6, 6.07) is 0.713. The molecule has 1 unspecified atom stereocenters. The minimum Gasteiger partial charge on any atom is -0.306 e. The second-order valence-corrected chi connectivity index (χ2v) is 5.54. The monoisotopic (exact) mass is 171 g/mol. The SMILES string of the molecule is CC(C)C(CC(C)(C)C)N(C)C. The van der Waals surface area contributed by atoms with E-state index in [1.54, 1.807) is 0 Å². The van der Waals surface area contributed by atoms with E-state index in [9.17, 15) is 0 Å². The van der Waals surface area contributed by atoms with Gasteiger partial charge in [0, 0.05) is 6.04 Å². The highest BCUT2D eigenvalue weighted by Crippen LogP contribution is 2.26. The van der Waals surface area contributed by atoms with E-state index >= 15 is 0 Å². The highest BCUT2D eigenvalue weighted by Gasteiger charge is 2.22. The summed E-state index contributed by atoms with van der Waals surface area (Å²) in [6.07, 6.45) is 1.28. The first-order chi connectivity index (χ1) is 5.24. The van der Waals surface area contributed by atoms with Crippen LogP contribution in [0.4, 0.5) is 0 Å². The molecule has 0 aromatic heterocycles. The molecule has 0 saturated carbocycles. The predicted octanol–water partition coefficient (Wildman–Crippen LogP) is 3.01. The molecule has 0 aliphatic heterocycles. The Kier molecular flexibility index (Phi) is 4.25. The lowest BCUT2D eigenvalue weighted by atomic mass is 9.83. The average molecular weight is 171 g/mol. The fraction of sp³-hybridized carbons (Fsp3) is 1.00. The maximum absolute atomic E-state index is 2.34. The molecule has 0 aliphatic carbocycles. The van der Waals surface area contributed by atoms with Gasteiger partial charge in [-0.1, -0.05) is 34.6 Å². The van der Waals surface area contributed by atoms with Gasteiger partial charge >= 0.3 is 0 Å². The molecule has 1 atom stereocenters. The average Bonchev–Trinajstić information content (AvgIpc) is 1.79. The maximum Gasteiger partial charge on any atom is 0.0117 e. The molecule has 0 N–H and O–H groups in total. The first kappa shape index (κ1) is 12.0. The Bertz CT molecular complexity index is 111. The number of hydrogen-bond acceptors (Lipinski definition) is 1. The summed E-state index contributed by atoms with van der Waals surface area (Å²) in [5.41, 5.74) is 0.444. The molecule has 0 aliphatic rings. The topological polar surface area (TPSA) is 3.24 Å². The quantitative estimate of drug-likeness (QED) is 0.631. The summed E-state index contributed by atoms with van der Waals surface area (Å²) >= 11 is 0. The van der Waals surface area contributed by atoms with Crippen LogP contribution in [0.5, 0.6) is 0 Å². The third-order valence-corrected chi connectivity index (χ3v) is 2.25. The van der Waals surface area contributed by atoms with Gasteiger partial charge in [0.25, 0.3) is 0 Å². The van der Waals surface area contributed by atoms with Crippen molar-refractivity contribution in [3.8, 4) is 0 Å². The van der Waals surface area contributed by atoms with Gasteiger partial charge < -0.3 is 4.90 Å². The van der Waals surface area contributed by atoms with Crippen molar-refractivity contribution < 1.29 is 0 Å². The lowest BCUT2D eigenvalue weighted by Gasteiger charge is -2.33. The molecule has 0 bridgehead atoms. The van der Waals surface area contributed by atoms with Gasteiger partial charge in [-0.15, -0.1) is 0 Å². The summed E-state index contributed by atoms with van der Waals surface area (Å²) in [5.74, 6) is 0.749. The van der Waals surface area contributed by atoms with E-state index in [2.05, 4.69) is 53.6 Å². The van der Waals surface area contributed by atoms with Gasteiger partial charge in [0.1, 0.15) is 0 Å². The molecule has 0 aromatic carbocycles. The van der Waals surface area contributed by atoms with Gasteiger partial charge in [0.2, 0.25) is 0 Å². The molecule has 0 aromatic rings. The lowest BCUT2D eigenvalue weighted by Crippen LogP contribution is -2.36. The van der Waals surface area contributed by atoms with Crippen LogP contribution in [0.3, 0.4) is 0 Å². The van der Waals surface area contributed by atoms with Crippen molar-refractivity contribution in [3.63, 3.8) is 0 Å². The molecule has 12 heavy (non-hydrogen) atoms. The highest BCUT2D eigenvalue weighted by molar-refractivity contribution is 4.76. The van der Waals surface area contributed by atoms with Crippen molar-refractivity contribution in [2.45, 2.75) is 47.1 Å². The lowest BCUT2D eigenvalue weighted by molar-refractivity contribution is 0.165. The first-order valence-electron chi connectivity index (χ1n) is 4.90. The second kappa shape index (κ2) is 4.27. The second-order valence-electron chi connectivity index (χ2n) is 5.54. The maximum atomic E-state index is 2.34. The number of hydrogen-bond donors (Lipinski definition) is 0. The van der Waals surface area contributed by atoms with Crippen LogP contribution in [0, 0.1) is 11.3 Å². The van der Waals surface area contributed by atoms with E-state index in [4.69, 9.17) is 0 Å². The Morgan fingerprint density at radius 2 is 1.50 bits per heavy atom. The van der Waals surface area contributed by atoms with Crippen LogP contribution in [0.15, 0.2) is 0 Å². The van der Waals surface area contributed by atoms with Gasteiger partial charge in [0.15, 0.2) is 0 Å². The molecule has 74 valence electrons. The zero-order valence-electron chi connectivity index (χ0n) is 9.81. The highest BCUT2D eigenvalue weighted by atomic mass is 15.1. The fourth-order valence-corrected chi connectivity index (χ4v) is 1.64. The van der Waals surface area contributed by atoms with Gasteiger partial charge in [-0.3, -0.25) is 0 Å². The van der Waals surface area contributed by atoms with Gasteiger partial charge in [-0.25, -0.2) is 0 Å². The van der Waals surface area contributed by atoms with Crippen molar-refractivity contribution in [1.29, 1.82) is 0 Å². The summed E-state index contributed by atoms with van der Waals surface area (Å²) in [4.78, 5) is 2.34. The minimum atomic E-state index is 0.444. The smallest absolute Gasteiger partial charge is 0.0117 e. The van der Waals surface area contributed by atoms with E-state index in [1.165, 1.54) is 6.42 Å². The molecule has 1 nitrogen and oxygen atoms in total. The van der Waals surface area contributed by atoms with Gasteiger partial charge in [-0.05, 0) is 31.8 Å². The van der Waals surface area contributed by atoms with Gasteiger partial charge in [-0.2, -0.15) is 0 Å². The van der Waals surface area contributed by atoms with Crippen LogP contribution < -0.4 is 0 Å². The minimum absolute atomic E-state index is 0.444. The van der Waals surface area contributed by atoms with E-state index < -0.39 is 0 Å². The summed E-state index contributed by atoms with van der Waals surface area (Å²) in [6.45, 7) is 11.5. The normalized spacial score (nSPS) is 15.8. The third-order valence-electron chi connectivity index (χ3n) is 2.25.